The molecule has 22 heavy (non-hydrogen) atoms. The summed E-state index contributed by atoms with van der Waals surface area (Å²) >= 11 is 0. The SMILES string of the molecule is CC(C)=CCN1CCC(NCC(C)(O)c2cnn(C)c2)CC1. The average molecular weight is 306 g/mol. The Morgan fingerprint density at radius 3 is 2.68 bits per heavy atom. The second-order valence-electron chi connectivity index (χ2n) is 6.91. The van der Waals surface area contributed by atoms with E-state index >= 15 is 0 Å². The molecule has 1 aliphatic rings. The van der Waals surface area contributed by atoms with Gasteiger partial charge in [0.25, 0.3) is 0 Å². The Labute approximate surface area is 134 Å². The predicted molar refractivity (Wildman–Crippen MR) is 89.7 cm³/mol. The van der Waals surface area contributed by atoms with Crippen LogP contribution in [-0.4, -0.2) is 52.0 Å². The van der Waals surface area contributed by atoms with Gasteiger partial charge in [-0.25, -0.2) is 0 Å². The summed E-state index contributed by atoms with van der Waals surface area (Å²) in [5.74, 6) is 0. The van der Waals surface area contributed by atoms with E-state index in [9.17, 15) is 5.11 Å². The van der Waals surface area contributed by atoms with Gasteiger partial charge < -0.3 is 10.4 Å². The topological polar surface area (TPSA) is 53.3 Å². The third-order valence-corrected chi connectivity index (χ3v) is 4.41. The largest absolute Gasteiger partial charge is 0.384 e. The van der Waals surface area contributed by atoms with Crippen molar-refractivity contribution < 1.29 is 5.11 Å². The van der Waals surface area contributed by atoms with Crippen LogP contribution in [-0.2, 0) is 12.6 Å². The highest BCUT2D eigenvalue weighted by atomic mass is 16.3. The van der Waals surface area contributed by atoms with Gasteiger partial charge in [0.15, 0.2) is 0 Å². The molecule has 5 nitrogen and oxygen atoms in total. The summed E-state index contributed by atoms with van der Waals surface area (Å²) < 4.78 is 1.73. The molecule has 0 saturated carbocycles. The number of nitrogens with zero attached hydrogens (tertiary/aromatic N) is 3. The third-order valence-electron chi connectivity index (χ3n) is 4.41. The van der Waals surface area contributed by atoms with Crippen LogP contribution >= 0.6 is 0 Å². The van der Waals surface area contributed by atoms with Crippen LogP contribution in [0.4, 0.5) is 0 Å². The van der Waals surface area contributed by atoms with Crippen molar-refractivity contribution >= 4 is 0 Å². The van der Waals surface area contributed by atoms with Gasteiger partial charge in [-0.3, -0.25) is 9.58 Å². The van der Waals surface area contributed by atoms with E-state index in [-0.39, 0.29) is 0 Å². The van der Waals surface area contributed by atoms with Crippen LogP contribution in [0.2, 0.25) is 0 Å². The molecule has 1 unspecified atom stereocenters. The Kier molecular flexibility index (Phi) is 5.78. The number of piperidine rings is 1. The van der Waals surface area contributed by atoms with Crippen LogP contribution < -0.4 is 5.32 Å². The molecule has 1 aromatic rings. The molecule has 0 aliphatic carbocycles. The van der Waals surface area contributed by atoms with Crippen molar-refractivity contribution in [1.82, 2.24) is 20.0 Å². The van der Waals surface area contributed by atoms with Gasteiger partial charge in [0.2, 0.25) is 0 Å². The number of rotatable bonds is 6. The van der Waals surface area contributed by atoms with Crippen LogP contribution in [0.5, 0.6) is 0 Å². The maximum Gasteiger partial charge on any atom is 0.102 e. The van der Waals surface area contributed by atoms with Gasteiger partial charge in [0, 0.05) is 37.9 Å². The van der Waals surface area contributed by atoms with Gasteiger partial charge in [-0.05, 0) is 46.7 Å². The summed E-state index contributed by atoms with van der Waals surface area (Å²) in [5, 5.41) is 18.3. The van der Waals surface area contributed by atoms with E-state index < -0.39 is 5.60 Å². The Hall–Kier alpha value is -1.17. The molecule has 0 aromatic carbocycles. The zero-order valence-corrected chi connectivity index (χ0v) is 14.3. The molecule has 0 spiro atoms. The van der Waals surface area contributed by atoms with Crippen molar-refractivity contribution in [3.05, 3.63) is 29.6 Å². The Bertz CT molecular complexity index is 495. The maximum atomic E-state index is 10.6. The first-order valence-electron chi connectivity index (χ1n) is 8.17. The van der Waals surface area contributed by atoms with Crippen molar-refractivity contribution in [1.29, 1.82) is 0 Å². The highest BCUT2D eigenvalue weighted by Crippen LogP contribution is 2.20. The van der Waals surface area contributed by atoms with Crippen molar-refractivity contribution in [2.75, 3.05) is 26.2 Å². The number of aromatic nitrogens is 2. The molecule has 2 rings (SSSR count). The van der Waals surface area contributed by atoms with Gasteiger partial charge in [-0.2, -0.15) is 5.10 Å². The molecular formula is C17H30N4O. The minimum absolute atomic E-state index is 0.492. The van der Waals surface area contributed by atoms with Crippen LogP contribution in [0.15, 0.2) is 24.0 Å². The lowest BCUT2D eigenvalue weighted by molar-refractivity contribution is 0.0504. The molecule has 0 bridgehead atoms. The zero-order chi connectivity index (χ0) is 16.2. The normalized spacial score (nSPS) is 19.9. The van der Waals surface area contributed by atoms with Gasteiger partial charge in [-0.15, -0.1) is 0 Å². The standard InChI is InChI=1S/C17H30N4O/c1-14(2)5-8-21-9-6-16(7-10-21)18-13-17(3,22)15-11-19-20(4)12-15/h5,11-12,16,18,22H,6-10,13H2,1-4H3. The maximum absolute atomic E-state index is 10.6. The first-order chi connectivity index (χ1) is 10.4. The number of allylic oxidation sites excluding steroid dienone is 1. The number of nitrogens with one attached hydrogen (secondary N) is 1. The molecule has 2 heterocycles. The lowest BCUT2D eigenvalue weighted by atomic mass is 9.97. The number of aliphatic hydroxyl groups is 1. The first kappa shape index (κ1) is 17.2. The lowest BCUT2D eigenvalue weighted by Gasteiger charge is -2.33. The highest BCUT2D eigenvalue weighted by molar-refractivity contribution is 5.14. The van der Waals surface area contributed by atoms with Crippen molar-refractivity contribution in [2.45, 2.75) is 45.3 Å². The van der Waals surface area contributed by atoms with Gasteiger partial charge >= 0.3 is 0 Å². The van der Waals surface area contributed by atoms with Gasteiger partial charge in [-0.1, -0.05) is 11.6 Å². The van der Waals surface area contributed by atoms with E-state index in [1.807, 2.05) is 20.2 Å². The number of hydrogen-bond donors (Lipinski definition) is 2. The summed E-state index contributed by atoms with van der Waals surface area (Å²) in [7, 11) is 1.87. The molecule has 1 atom stereocenters. The quantitative estimate of drug-likeness (QED) is 0.785. The van der Waals surface area contributed by atoms with E-state index in [0.717, 1.165) is 38.0 Å². The molecule has 1 saturated heterocycles. The smallest absolute Gasteiger partial charge is 0.102 e. The van der Waals surface area contributed by atoms with Crippen molar-refractivity contribution in [3.63, 3.8) is 0 Å². The number of aryl methyl sites for hydroxylation is 1. The minimum atomic E-state index is -0.868. The Morgan fingerprint density at radius 2 is 2.14 bits per heavy atom. The molecular weight excluding hydrogens is 276 g/mol. The molecule has 124 valence electrons. The summed E-state index contributed by atoms with van der Waals surface area (Å²) in [4.78, 5) is 2.49. The number of hydrogen-bond acceptors (Lipinski definition) is 4. The summed E-state index contributed by atoms with van der Waals surface area (Å²) in [6, 6.07) is 0.492. The Morgan fingerprint density at radius 1 is 1.45 bits per heavy atom. The van der Waals surface area contributed by atoms with Crippen molar-refractivity contribution in [3.8, 4) is 0 Å². The summed E-state index contributed by atoms with van der Waals surface area (Å²) in [6.45, 7) is 10.0. The minimum Gasteiger partial charge on any atom is -0.384 e. The highest BCUT2D eigenvalue weighted by Gasteiger charge is 2.27. The molecule has 2 N–H and O–H groups in total. The second kappa shape index (κ2) is 7.40. The first-order valence-corrected chi connectivity index (χ1v) is 8.17. The average Bonchev–Trinajstić information content (AvgIpc) is 2.91. The molecule has 5 heteroatoms. The summed E-state index contributed by atoms with van der Waals surface area (Å²) in [6.07, 6.45) is 8.19. The van der Waals surface area contributed by atoms with Crippen molar-refractivity contribution in [2.24, 2.45) is 7.05 Å². The second-order valence-corrected chi connectivity index (χ2v) is 6.91. The molecule has 0 radical (unpaired) electrons. The molecule has 1 fully saturated rings. The fourth-order valence-corrected chi connectivity index (χ4v) is 2.78. The zero-order valence-electron chi connectivity index (χ0n) is 14.3. The summed E-state index contributed by atoms with van der Waals surface area (Å²) in [5.41, 5.74) is 1.38. The third kappa shape index (κ3) is 4.93. The van der Waals surface area contributed by atoms with Crippen LogP contribution in [0.1, 0.15) is 39.2 Å². The lowest BCUT2D eigenvalue weighted by Crippen LogP contribution is -2.46. The van der Waals surface area contributed by atoms with E-state index in [4.69, 9.17) is 0 Å². The monoisotopic (exact) mass is 306 g/mol. The van der Waals surface area contributed by atoms with E-state index in [2.05, 4.69) is 35.2 Å². The molecule has 0 amide bonds. The molecule has 1 aromatic heterocycles. The van der Waals surface area contributed by atoms with Gasteiger partial charge in [0.05, 0.1) is 6.20 Å². The van der Waals surface area contributed by atoms with Gasteiger partial charge in [0.1, 0.15) is 5.60 Å². The molecule has 1 aliphatic heterocycles. The Balaban J connectivity index is 1.75. The van der Waals surface area contributed by atoms with E-state index in [0.29, 0.717) is 12.6 Å². The predicted octanol–water partition coefficient (Wildman–Crippen LogP) is 1.65. The van der Waals surface area contributed by atoms with Crippen LogP contribution in [0.3, 0.4) is 0 Å². The van der Waals surface area contributed by atoms with E-state index in [1.165, 1.54) is 5.57 Å². The van der Waals surface area contributed by atoms with Crippen LogP contribution in [0.25, 0.3) is 0 Å². The van der Waals surface area contributed by atoms with Crippen LogP contribution in [0, 0.1) is 0 Å². The fourth-order valence-electron chi connectivity index (χ4n) is 2.78. The number of likely N-dealkylation sites (tertiary alicyclic amines) is 1. The van der Waals surface area contributed by atoms with E-state index in [1.54, 1.807) is 10.9 Å². The fraction of sp³-hybridized carbons (Fsp3) is 0.706.